The van der Waals surface area contributed by atoms with E-state index in [4.69, 9.17) is 4.99 Å². The molecule has 2 aliphatic heterocycles. The van der Waals surface area contributed by atoms with Crippen LogP contribution in [0.3, 0.4) is 0 Å². The summed E-state index contributed by atoms with van der Waals surface area (Å²) in [6, 6.07) is 0.576. The molecule has 4 nitrogen and oxygen atoms in total. The third-order valence-corrected chi connectivity index (χ3v) is 4.39. The SMILES string of the molecule is CN(C)CC(C1CCCCN2CCCN=C12)N(C)C. The van der Waals surface area contributed by atoms with Crippen molar-refractivity contribution in [3.8, 4) is 0 Å². The lowest BCUT2D eigenvalue weighted by Crippen LogP contribution is -2.50. The fraction of sp³-hybridized carbons (Fsp3) is 0.933. The van der Waals surface area contributed by atoms with E-state index in [1.165, 1.54) is 44.6 Å². The van der Waals surface area contributed by atoms with Gasteiger partial charge in [0.25, 0.3) is 0 Å². The molecular weight excluding hydrogens is 236 g/mol. The predicted octanol–water partition coefficient (Wildman–Crippen LogP) is 1.38. The first-order valence-corrected chi connectivity index (χ1v) is 7.70. The van der Waals surface area contributed by atoms with E-state index in [1.807, 2.05) is 0 Å². The summed E-state index contributed by atoms with van der Waals surface area (Å²) in [6.45, 7) is 4.59. The second-order valence-electron chi connectivity index (χ2n) is 6.48. The molecule has 0 saturated carbocycles. The lowest BCUT2D eigenvalue weighted by Gasteiger charge is -2.39. The van der Waals surface area contributed by atoms with Crippen LogP contribution in [-0.4, -0.2) is 80.9 Å². The van der Waals surface area contributed by atoms with Crippen LogP contribution in [0.5, 0.6) is 0 Å². The maximum Gasteiger partial charge on any atom is 0.104 e. The van der Waals surface area contributed by atoms with Crippen LogP contribution >= 0.6 is 0 Å². The molecule has 2 aliphatic rings. The maximum atomic E-state index is 4.90. The minimum Gasteiger partial charge on any atom is -0.360 e. The molecule has 1 saturated heterocycles. The number of nitrogens with zero attached hydrogens (tertiary/aromatic N) is 4. The highest BCUT2D eigenvalue weighted by atomic mass is 15.2. The maximum absolute atomic E-state index is 4.90. The summed E-state index contributed by atoms with van der Waals surface area (Å²) in [4.78, 5) is 12.2. The van der Waals surface area contributed by atoms with Gasteiger partial charge in [-0.3, -0.25) is 4.99 Å². The van der Waals surface area contributed by atoms with E-state index in [2.05, 4.69) is 42.9 Å². The summed E-state index contributed by atoms with van der Waals surface area (Å²) >= 11 is 0. The van der Waals surface area contributed by atoms with Gasteiger partial charge >= 0.3 is 0 Å². The lowest BCUT2D eigenvalue weighted by atomic mass is 9.91. The van der Waals surface area contributed by atoms with E-state index in [1.54, 1.807) is 0 Å². The third kappa shape index (κ3) is 3.69. The Bertz CT molecular complexity index is 311. The normalized spacial score (nSPS) is 26.1. The summed E-state index contributed by atoms with van der Waals surface area (Å²) in [5, 5.41) is 0. The summed E-state index contributed by atoms with van der Waals surface area (Å²) in [5.41, 5.74) is 0. The molecule has 0 aromatic heterocycles. The van der Waals surface area contributed by atoms with Gasteiger partial charge in [-0.25, -0.2) is 0 Å². The van der Waals surface area contributed by atoms with Gasteiger partial charge in [-0.15, -0.1) is 0 Å². The molecule has 0 aliphatic carbocycles. The topological polar surface area (TPSA) is 22.1 Å². The van der Waals surface area contributed by atoms with E-state index in [-0.39, 0.29) is 0 Å². The van der Waals surface area contributed by atoms with Crippen LogP contribution < -0.4 is 0 Å². The quantitative estimate of drug-likeness (QED) is 0.767. The van der Waals surface area contributed by atoms with Gasteiger partial charge in [0.05, 0.1) is 0 Å². The molecule has 2 atom stereocenters. The zero-order valence-electron chi connectivity index (χ0n) is 13.1. The Morgan fingerprint density at radius 3 is 2.58 bits per heavy atom. The van der Waals surface area contributed by atoms with Crippen molar-refractivity contribution in [1.29, 1.82) is 0 Å². The number of hydrogen-bond acceptors (Lipinski definition) is 4. The Hall–Kier alpha value is -0.610. The highest BCUT2D eigenvalue weighted by Gasteiger charge is 2.33. The van der Waals surface area contributed by atoms with E-state index >= 15 is 0 Å². The standard InChI is InChI=1S/C15H30N4/c1-17(2)12-14(18(3)4)13-8-5-6-10-19-11-7-9-16-15(13)19/h13-14H,5-12H2,1-4H3. The average molecular weight is 266 g/mol. The fourth-order valence-electron chi connectivity index (χ4n) is 3.43. The fourth-order valence-corrected chi connectivity index (χ4v) is 3.43. The minimum atomic E-state index is 0.576. The number of hydrogen-bond donors (Lipinski definition) is 0. The van der Waals surface area contributed by atoms with Crippen molar-refractivity contribution in [1.82, 2.24) is 14.7 Å². The zero-order valence-corrected chi connectivity index (χ0v) is 13.1. The summed E-state index contributed by atoms with van der Waals surface area (Å²) in [7, 11) is 8.78. The van der Waals surface area contributed by atoms with E-state index in [9.17, 15) is 0 Å². The summed E-state index contributed by atoms with van der Waals surface area (Å²) in [6.07, 6.45) is 5.21. The Morgan fingerprint density at radius 1 is 1.16 bits per heavy atom. The summed E-state index contributed by atoms with van der Waals surface area (Å²) in [5.74, 6) is 2.02. The molecule has 19 heavy (non-hydrogen) atoms. The van der Waals surface area contributed by atoms with Crippen LogP contribution in [0.1, 0.15) is 25.7 Å². The largest absolute Gasteiger partial charge is 0.360 e. The van der Waals surface area contributed by atoms with Gasteiger partial charge in [-0.2, -0.15) is 0 Å². The monoisotopic (exact) mass is 266 g/mol. The van der Waals surface area contributed by atoms with Gasteiger partial charge in [-0.05, 0) is 47.5 Å². The number of amidine groups is 1. The Morgan fingerprint density at radius 2 is 1.89 bits per heavy atom. The highest BCUT2D eigenvalue weighted by molar-refractivity contribution is 5.86. The molecule has 2 unspecified atom stereocenters. The van der Waals surface area contributed by atoms with Crippen molar-refractivity contribution in [3.63, 3.8) is 0 Å². The first-order chi connectivity index (χ1) is 9.09. The lowest BCUT2D eigenvalue weighted by molar-refractivity contribution is 0.183. The molecule has 0 radical (unpaired) electrons. The molecule has 0 amide bonds. The number of fused-ring (bicyclic) bond motifs is 1. The smallest absolute Gasteiger partial charge is 0.104 e. The van der Waals surface area contributed by atoms with E-state index < -0.39 is 0 Å². The Kier molecular flexibility index (Phi) is 5.22. The van der Waals surface area contributed by atoms with Gasteiger partial charge in [0.1, 0.15) is 5.84 Å². The molecule has 0 N–H and O–H groups in total. The number of rotatable bonds is 4. The predicted molar refractivity (Wildman–Crippen MR) is 81.9 cm³/mol. The van der Waals surface area contributed by atoms with Gasteiger partial charge in [0, 0.05) is 38.1 Å². The second kappa shape index (κ2) is 6.71. The molecule has 4 heteroatoms. The van der Waals surface area contributed by atoms with Crippen LogP contribution in [0.4, 0.5) is 0 Å². The molecule has 0 bridgehead atoms. The number of likely N-dealkylation sites (N-methyl/N-ethyl adjacent to an activating group) is 2. The van der Waals surface area contributed by atoms with Gasteiger partial charge in [0.15, 0.2) is 0 Å². The molecule has 0 spiro atoms. The number of aliphatic imine (C=N–C) groups is 1. The van der Waals surface area contributed by atoms with Gasteiger partial charge < -0.3 is 14.7 Å². The van der Waals surface area contributed by atoms with Crippen molar-refractivity contribution in [3.05, 3.63) is 0 Å². The van der Waals surface area contributed by atoms with Crippen LogP contribution in [0, 0.1) is 5.92 Å². The molecular formula is C15H30N4. The van der Waals surface area contributed by atoms with Crippen molar-refractivity contribution >= 4 is 5.84 Å². The molecule has 2 rings (SSSR count). The first kappa shape index (κ1) is 14.8. The van der Waals surface area contributed by atoms with Crippen LogP contribution in [-0.2, 0) is 0 Å². The molecule has 0 aromatic carbocycles. The molecule has 110 valence electrons. The van der Waals surface area contributed by atoms with E-state index in [0.717, 1.165) is 13.1 Å². The van der Waals surface area contributed by atoms with Crippen LogP contribution in [0.2, 0.25) is 0 Å². The first-order valence-electron chi connectivity index (χ1n) is 7.70. The minimum absolute atomic E-state index is 0.576. The van der Waals surface area contributed by atoms with Crippen LogP contribution in [0.25, 0.3) is 0 Å². The van der Waals surface area contributed by atoms with Crippen molar-refractivity contribution in [2.45, 2.75) is 31.7 Å². The van der Waals surface area contributed by atoms with Crippen molar-refractivity contribution < 1.29 is 0 Å². The Labute approximate surface area is 118 Å². The molecule has 1 fully saturated rings. The molecule has 2 heterocycles. The Balaban J connectivity index is 2.19. The average Bonchev–Trinajstić information content (AvgIpc) is 2.57. The van der Waals surface area contributed by atoms with E-state index in [0.29, 0.717) is 12.0 Å². The van der Waals surface area contributed by atoms with Gasteiger partial charge in [-0.1, -0.05) is 6.42 Å². The zero-order chi connectivity index (χ0) is 13.8. The second-order valence-corrected chi connectivity index (χ2v) is 6.48. The summed E-state index contributed by atoms with van der Waals surface area (Å²) < 4.78 is 0. The van der Waals surface area contributed by atoms with Gasteiger partial charge in [0.2, 0.25) is 0 Å². The van der Waals surface area contributed by atoms with Crippen molar-refractivity contribution in [2.24, 2.45) is 10.9 Å². The van der Waals surface area contributed by atoms with Crippen molar-refractivity contribution in [2.75, 3.05) is 54.4 Å². The highest BCUT2D eigenvalue weighted by Crippen LogP contribution is 2.26. The molecule has 0 aromatic rings. The van der Waals surface area contributed by atoms with Crippen LogP contribution in [0.15, 0.2) is 4.99 Å². The third-order valence-electron chi connectivity index (χ3n) is 4.39.